The predicted molar refractivity (Wildman–Crippen MR) is 40.6 cm³/mol. The summed E-state index contributed by atoms with van der Waals surface area (Å²) in [4.78, 5) is 0. The minimum atomic E-state index is -0.934. The molecule has 64 valence electrons. The normalized spacial score (nSPS) is 32.3. The van der Waals surface area contributed by atoms with Gasteiger partial charge in [-0.2, -0.15) is 0 Å². The Hall–Kier alpha value is -0.380. The highest BCUT2D eigenvalue weighted by atomic mass is 16.7. The maximum atomic E-state index is 9.08. The Bertz CT molecular complexity index is 163. The largest absolute Gasteiger partial charge is 0.368 e. The highest BCUT2D eigenvalue weighted by Crippen LogP contribution is 2.22. The molecule has 3 nitrogen and oxygen atoms in total. The molecule has 11 heavy (non-hydrogen) atoms. The molecule has 0 aliphatic carbocycles. The van der Waals surface area contributed by atoms with Gasteiger partial charge in [0.1, 0.15) is 0 Å². The third kappa shape index (κ3) is 2.29. The highest BCUT2D eigenvalue weighted by molar-refractivity contribution is 5.09. The van der Waals surface area contributed by atoms with Crippen LogP contribution in [0.4, 0.5) is 0 Å². The zero-order valence-electron chi connectivity index (χ0n) is 6.82. The quantitative estimate of drug-likeness (QED) is 0.550. The van der Waals surface area contributed by atoms with Gasteiger partial charge in [-0.05, 0) is 12.0 Å². The smallest absolute Gasteiger partial charge is 0.177 e. The molecule has 0 radical (unpaired) electrons. The lowest BCUT2D eigenvalue weighted by atomic mass is 9.98. The lowest BCUT2D eigenvalue weighted by molar-refractivity contribution is -0.194. The first-order valence-corrected chi connectivity index (χ1v) is 3.81. The summed E-state index contributed by atoms with van der Waals surface area (Å²) in [7, 11) is 0. The average Bonchev–Trinajstić information content (AvgIpc) is 1.85. The van der Waals surface area contributed by atoms with Gasteiger partial charge in [0.05, 0.1) is 0 Å². The van der Waals surface area contributed by atoms with Gasteiger partial charge in [-0.25, -0.2) is 0 Å². The van der Waals surface area contributed by atoms with Crippen LogP contribution in [0.1, 0.15) is 20.3 Å². The van der Waals surface area contributed by atoms with Gasteiger partial charge in [-0.3, -0.25) is 0 Å². The van der Waals surface area contributed by atoms with Crippen LogP contribution in [-0.2, 0) is 4.74 Å². The fraction of sp³-hybridized carbons (Fsp3) is 0.750. The van der Waals surface area contributed by atoms with Crippen molar-refractivity contribution >= 4 is 0 Å². The number of hydrogen-bond acceptors (Lipinski definition) is 3. The Labute approximate surface area is 66.3 Å². The second-order valence-electron chi connectivity index (χ2n) is 3.08. The molecule has 2 unspecified atom stereocenters. The zero-order valence-corrected chi connectivity index (χ0v) is 6.82. The van der Waals surface area contributed by atoms with Crippen LogP contribution in [0.2, 0.25) is 0 Å². The first-order chi connectivity index (χ1) is 5.09. The van der Waals surface area contributed by atoms with Crippen molar-refractivity contribution < 1.29 is 14.9 Å². The van der Waals surface area contributed by atoms with Gasteiger partial charge in [-0.1, -0.05) is 19.4 Å². The van der Waals surface area contributed by atoms with Crippen LogP contribution in [0.15, 0.2) is 11.6 Å². The number of aliphatic hydroxyl groups excluding tert-OH is 2. The van der Waals surface area contributed by atoms with Gasteiger partial charge in [-0.15, -0.1) is 0 Å². The Morgan fingerprint density at radius 2 is 2.18 bits per heavy atom. The van der Waals surface area contributed by atoms with Crippen LogP contribution >= 0.6 is 0 Å². The molecule has 2 N–H and O–H groups in total. The lowest BCUT2D eigenvalue weighted by Gasteiger charge is -2.24. The summed E-state index contributed by atoms with van der Waals surface area (Å²) in [6, 6.07) is 0. The first kappa shape index (κ1) is 8.71. The molecule has 0 aromatic rings. The zero-order chi connectivity index (χ0) is 8.43. The molecule has 0 amide bonds. The van der Waals surface area contributed by atoms with Gasteiger partial charge in [0, 0.05) is 6.42 Å². The first-order valence-electron chi connectivity index (χ1n) is 3.81. The molecular weight excluding hydrogens is 144 g/mol. The van der Waals surface area contributed by atoms with Crippen molar-refractivity contribution in [3.05, 3.63) is 11.6 Å². The van der Waals surface area contributed by atoms with Crippen molar-refractivity contribution in [1.82, 2.24) is 0 Å². The van der Waals surface area contributed by atoms with Crippen LogP contribution < -0.4 is 0 Å². The Balaban J connectivity index is 2.64. The van der Waals surface area contributed by atoms with E-state index >= 15 is 0 Å². The number of hydrogen-bond donors (Lipinski definition) is 2. The predicted octanol–water partition coefficient (Wildman–Crippen LogP) is 0.626. The summed E-state index contributed by atoms with van der Waals surface area (Å²) < 4.78 is 4.70. The monoisotopic (exact) mass is 158 g/mol. The van der Waals surface area contributed by atoms with Crippen molar-refractivity contribution in [1.29, 1.82) is 0 Å². The fourth-order valence-electron chi connectivity index (χ4n) is 1.13. The van der Waals surface area contributed by atoms with Crippen LogP contribution in [0.25, 0.3) is 0 Å². The van der Waals surface area contributed by atoms with Crippen molar-refractivity contribution in [3.8, 4) is 0 Å². The van der Waals surface area contributed by atoms with Crippen LogP contribution in [0.3, 0.4) is 0 Å². The summed E-state index contributed by atoms with van der Waals surface area (Å²) >= 11 is 0. The maximum absolute atomic E-state index is 9.08. The molecule has 1 rings (SSSR count). The van der Waals surface area contributed by atoms with Crippen molar-refractivity contribution in [2.45, 2.75) is 32.8 Å². The second-order valence-corrected chi connectivity index (χ2v) is 3.08. The number of rotatable bonds is 1. The minimum Gasteiger partial charge on any atom is -0.368 e. The van der Waals surface area contributed by atoms with Gasteiger partial charge >= 0.3 is 0 Å². The van der Waals surface area contributed by atoms with Gasteiger partial charge in [0.2, 0.25) is 0 Å². The molecular formula is C8H14O3. The van der Waals surface area contributed by atoms with E-state index < -0.39 is 12.6 Å². The van der Waals surface area contributed by atoms with Crippen molar-refractivity contribution in [2.75, 3.05) is 0 Å². The summed E-state index contributed by atoms with van der Waals surface area (Å²) in [5.74, 6) is 0.364. The van der Waals surface area contributed by atoms with Crippen LogP contribution in [0.5, 0.6) is 0 Å². The van der Waals surface area contributed by atoms with E-state index in [9.17, 15) is 0 Å². The third-order valence-corrected chi connectivity index (χ3v) is 1.81. The number of ether oxygens (including phenoxy) is 1. The second kappa shape index (κ2) is 3.34. The highest BCUT2D eigenvalue weighted by Gasteiger charge is 2.20. The summed E-state index contributed by atoms with van der Waals surface area (Å²) in [6.45, 7) is 4.05. The Morgan fingerprint density at radius 3 is 2.64 bits per heavy atom. The van der Waals surface area contributed by atoms with E-state index in [1.165, 1.54) is 0 Å². The van der Waals surface area contributed by atoms with E-state index in [0.29, 0.717) is 12.3 Å². The minimum absolute atomic E-state index is 0.364. The third-order valence-electron chi connectivity index (χ3n) is 1.81. The van der Waals surface area contributed by atoms with E-state index in [-0.39, 0.29) is 0 Å². The Kier molecular flexibility index (Phi) is 2.65. The van der Waals surface area contributed by atoms with E-state index in [2.05, 4.69) is 0 Å². The maximum Gasteiger partial charge on any atom is 0.177 e. The molecule has 0 saturated carbocycles. The van der Waals surface area contributed by atoms with Crippen molar-refractivity contribution in [3.63, 3.8) is 0 Å². The molecule has 0 bridgehead atoms. The molecule has 0 saturated heterocycles. The van der Waals surface area contributed by atoms with E-state index in [1.807, 2.05) is 13.8 Å². The Morgan fingerprint density at radius 1 is 1.55 bits per heavy atom. The molecule has 0 spiro atoms. The van der Waals surface area contributed by atoms with E-state index in [1.54, 1.807) is 6.08 Å². The summed E-state index contributed by atoms with van der Waals surface area (Å²) in [6.07, 6.45) is 0.384. The topological polar surface area (TPSA) is 49.7 Å². The van der Waals surface area contributed by atoms with Gasteiger partial charge in [0.15, 0.2) is 12.6 Å². The lowest BCUT2D eigenvalue weighted by Crippen LogP contribution is -2.26. The fourth-order valence-corrected chi connectivity index (χ4v) is 1.13. The van der Waals surface area contributed by atoms with Crippen molar-refractivity contribution in [2.24, 2.45) is 5.92 Å². The molecule has 1 heterocycles. The standard InChI is InChI=1S/C8H14O3/c1-5(2)6-3-7(9)11-8(10)4-6/h3,5,7-10H,4H2,1-2H3. The van der Waals surface area contributed by atoms with E-state index in [0.717, 1.165) is 5.57 Å². The summed E-state index contributed by atoms with van der Waals surface area (Å²) in [5.41, 5.74) is 1.05. The molecule has 1 aliphatic rings. The molecule has 3 heteroatoms. The van der Waals surface area contributed by atoms with Gasteiger partial charge in [0.25, 0.3) is 0 Å². The molecule has 0 fully saturated rings. The molecule has 0 aromatic carbocycles. The SMILES string of the molecule is CC(C)C1=CC(O)OC(O)C1. The van der Waals surface area contributed by atoms with E-state index in [4.69, 9.17) is 14.9 Å². The number of aliphatic hydroxyl groups is 2. The van der Waals surface area contributed by atoms with Gasteiger partial charge < -0.3 is 14.9 Å². The van der Waals surface area contributed by atoms with Crippen LogP contribution in [0, 0.1) is 5.92 Å². The summed E-state index contributed by atoms with van der Waals surface area (Å²) in [5, 5.41) is 18.1. The molecule has 0 aromatic heterocycles. The molecule has 1 aliphatic heterocycles. The molecule has 2 atom stereocenters. The van der Waals surface area contributed by atoms with Crippen LogP contribution in [-0.4, -0.2) is 22.8 Å². The average molecular weight is 158 g/mol.